The first kappa shape index (κ1) is 13.9. The summed E-state index contributed by atoms with van der Waals surface area (Å²) in [5.74, 6) is -3.82. The number of rotatable bonds is 2. The molecular weight excluding hydrogens is 290 g/mol. The molecule has 0 aliphatic carbocycles. The van der Waals surface area contributed by atoms with Crippen LogP contribution in [0.5, 0.6) is 5.75 Å². The molecule has 1 aromatic heterocycles. The number of pyridine rings is 1. The number of hydrogen-bond acceptors (Lipinski definition) is 3. The second-order valence-corrected chi connectivity index (χ2v) is 4.65. The number of benzene rings is 2. The van der Waals surface area contributed by atoms with Crippen LogP contribution in [0.1, 0.15) is 10.4 Å². The number of phenols is 1. The number of phenolic OH excluding ortho intramolecular Hbond substituents is 1. The monoisotopic (exact) mass is 300 g/mol. The molecule has 4 nitrogen and oxygen atoms in total. The Kier molecular flexibility index (Phi) is 3.42. The minimum atomic E-state index is -1.19. The average molecular weight is 300 g/mol. The largest absolute Gasteiger partial charge is 0.504 e. The van der Waals surface area contributed by atoms with Gasteiger partial charge in [-0.25, -0.2) is 8.78 Å². The van der Waals surface area contributed by atoms with Crippen LogP contribution in [0.4, 0.5) is 14.5 Å². The Hall–Kier alpha value is -3.02. The van der Waals surface area contributed by atoms with Crippen LogP contribution in [-0.4, -0.2) is 16.0 Å². The van der Waals surface area contributed by atoms with Crippen molar-refractivity contribution < 1.29 is 18.7 Å². The van der Waals surface area contributed by atoms with Gasteiger partial charge in [0, 0.05) is 23.3 Å². The third-order valence-electron chi connectivity index (χ3n) is 3.13. The maximum absolute atomic E-state index is 13.3. The number of halogens is 2. The first-order chi connectivity index (χ1) is 10.5. The van der Waals surface area contributed by atoms with Crippen LogP contribution >= 0.6 is 0 Å². The zero-order chi connectivity index (χ0) is 15.7. The number of carbonyl (C=O) groups excluding carboxylic acids is 1. The number of hydrogen-bond donors (Lipinski definition) is 2. The average Bonchev–Trinajstić information content (AvgIpc) is 2.50. The zero-order valence-electron chi connectivity index (χ0n) is 11.2. The number of fused-ring (bicyclic) bond motifs is 1. The van der Waals surface area contributed by atoms with E-state index in [-0.39, 0.29) is 0 Å². The van der Waals surface area contributed by atoms with Crippen molar-refractivity contribution in [3.63, 3.8) is 0 Å². The van der Waals surface area contributed by atoms with Crippen molar-refractivity contribution in [2.24, 2.45) is 0 Å². The van der Waals surface area contributed by atoms with Crippen molar-refractivity contribution in [3.8, 4) is 5.75 Å². The summed E-state index contributed by atoms with van der Waals surface area (Å²) in [5, 5.41) is 12.8. The number of aromatic nitrogens is 1. The third-order valence-corrected chi connectivity index (χ3v) is 3.13. The summed E-state index contributed by atoms with van der Waals surface area (Å²) in [6.45, 7) is 0. The normalized spacial score (nSPS) is 10.6. The number of anilines is 1. The van der Waals surface area contributed by atoms with Gasteiger partial charge in [0.1, 0.15) is 5.82 Å². The van der Waals surface area contributed by atoms with Gasteiger partial charge in [-0.3, -0.25) is 9.78 Å². The molecule has 0 aliphatic rings. The molecule has 6 heteroatoms. The highest BCUT2D eigenvalue weighted by Gasteiger charge is 2.17. The molecule has 0 saturated heterocycles. The molecular formula is C16H10F2N2O2. The molecule has 0 bridgehead atoms. The summed E-state index contributed by atoms with van der Waals surface area (Å²) in [6, 6.07) is 9.84. The van der Waals surface area contributed by atoms with Crippen LogP contribution in [0, 0.1) is 11.6 Å². The van der Waals surface area contributed by atoms with E-state index in [2.05, 4.69) is 10.3 Å². The number of carbonyl (C=O) groups is 1. The van der Waals surface area contributed by atoms with E-state index in [1.54, 1.807) is 30.5 Å². The van der Waals surface area contributed by atoms with Crippen LogP contribution in [0.15, 0.2) is 48.7 Å². The lowest BCUT2D eigenvalue weighted by molar-refractivity contribution is 0.102. The van der Waals surface area contributed by atoms with E-state index < -0.39 is 28.9 Å². The van der Waals surface area contributed by atoms with Gasteiger partial charge in [-0.15, -0.1) is 0 Å². The standard InChI is InChI=1S/C16H10F2N2O2/c17-10-7-12(15(21)13(18)8-10)16(22)20-11-3-4-14-9(6-11)2-1-5-19-14/h1-8,21H,(H,20,22). The molecule has 0 unspecified atom stereocenters. The molecule has 0 fully saturated rings. The highest BCUT2D eigenvalue weighted by molar-refractivity contribution is 6.06. The van der Waals surface area contributed by atoms with E-state index in [4.69, 9.17) is 0 Å². The van der Waals surface area contributed by atoms with Crippen molar-refractivity contribution in [2.45, 2.75) is 0 Å². The molecule has 22 heavy (non-hydrogen) atoms. The van der Waals surface area contributed by atoms with E-state index in [9.17, 15) is 18.7 Å². The lowest BCUT2D eigenvalue weighted by Crippen LogP contribution is -2.13. The Morgan fingerprint density at radius 1 is 1.14 bits per heavy atom. The quantitative estimate of drug-likeness (QED) is 0.761. The minimum Gasteiger partial charge on any atom is -0.504 e. The van der Waals surface area contributed by atoms with Crippen LogP contribution in [0.25, 0.3) is 10.9 Å². The fourth-order valence-corrected chi connectivity index (χ4v) is 2.09. The Morgan fingerprint density at radius 3 is 2.77 bits per heavy atom. The van der Waals surface area contributed by atoms with Gasteiger partial charge in [-0.05, 0) is 30.3 Å². The molecule has 3 aromatic rings. The summed E-state index contributed by atoms with van der Waals surface area (Å²) in [7, 11) is 0. The number of nitrogens with one attached hydrogen (secondary N) is 1. The maximum Gasteiger partial charge on any atom is 0.259 e. The molecule has 0 aliphatic heterocycles. The maximum atomic E-state index is 13.3. The van der Waals surface area contributed by atoms with E-state index in [1.807, 2.05) is 6.07 Å². The van der Waals surface area contributed by atoms with Crippen molar-refractivity contribution in [1.29, 1.82) is 0 Å². The summed E-state index contributed by atoms with van der Waals surface area (Å²) in [6.07, 6.45) is 1.65. The smallest absolute Gasteiger partial charge is 0.259 e. The number of amides is 1. The Labute approximate surface area is 124 Å². The van der Waals surface area contributed by atoms with Crippen LogP contribution in [-0.2, 0) is 0 Å². The molecule has 0 saturated carbocycles. The topological polar surface area (TPSA) is 62.2 Å². The van der Waals surface area contributed by atoms with Gasteiger partial charge in [0.25, 0.3) is 5.91 Å². The molecule has 0 spiro atoms. The Bertz CT molecular complexity index is 881. The second-order valence-electron chi connectivity index (χ2n) is 4.65. The predicted molar refractivity (Wildman–Crippen MR) is 77.7 cm³/mol. The zero-order valence-corrected chi connectivity index (χ0v) is 11.2. The fourth-order valence-electron chi connectivity index (χ4n) is 2.09. The third kappa shape index (κ3) is 2.58. The van der Waals surface area contributed by atoms with Crippen molar-refractivity contribution >= 4 is 22.5 Å². The van der Waals surface area contributed by atoms with Gasteiger partial charge < -0.3 is 10.4 Å². The van der Waals surface area contributed by atoms with Gasteiger partial charge in [-0.2, -0.15) is 0 Å². The van der Waals surface area contributed by atoms with Crippen LogP contribution in [0.2, 0.25) is 0 Å². The van der Waals surface area contributed by atoms with Gasteiger partial charge in [0.2, 0.25) is 0 Å². The van der Waals surface area contributed by atoms with Gasteiger partial charge in [0.15, 0.2) is 11.6 Å². The van der Waals surface area contributed by atoms with E-state index >= 15 is 0 Å². The molecule has 0 radical (unpaired) electrons. The molecule has 2 N–H and O–H groups in total. The summed E-state index contributed by atoms with van der Waals surface area (Å²) in [5.41, 5.74) is 0.707. The highest BCUT2D eigenvalue weighted by Crippen LogP contribution is 2.24. The molecule has 2 aromatic carbocycles. The van der Waals surface area contributed by atoms with Crippen molar-refractivity contribution in [1.82, 2.24) is 4.98 Å². The predicted octanol–water partition coefficient (Wildman–Crippen LogP) is 3.47. The lowest BCUT2D eigenvalue weighted by Gasteiger charge is -2.08. The Morgan fingerprint density at radius 2 is 1.95 bits per heavy atom. The number of nitrogens with zero attached hydrogens (tertiary/aromatic N) is 1. The summed E-state index contributed by atoms with van der Waals surface area (Å²) in [4.78, 5) is 16.2. The van der Waals surface area contributed by atoms with Crippen molar-refractivity contribution in [3.05, 3.63) is 65.9 Å². The van der Waals surface area contributed by atoms with Gasteiger partial charge >= 0.3 is 0 Å². The van der Waals surface area contributed by atoms with Crippen molar-refractivity contribution in [2.75, 3.05) is 5.32 Å². The van der Waals surface area contributed by atoms with E-state index in [0.29, 0.717) is 11.8 Å². The Balaban J connectivity index is 1.93. The second kappa shape index (κ2) is 5.40. The summed E-state index contributed by atoms with van der Waals surface area (Å²) >= 11 is 0. The SMILES string of the molecule is O=C(Nc1ccc2ncccc2c1)c1cc(F)cc(F)c1O. The van der Waals surface area contributed by atoms with Gasteiger partial charge in [-0.1, -0.05) is 6.07 Å². The first-order valence-electron chi connectivity index (χ1n) is 6.39. The van der Waals surface area contributed by atoms with Crippen LogP contribution < -0.4 is 5.32 Å². The first-order valence-corrected chi connectivity index (χ1v) is 6.39. The molecule has 1 heterocycles. The van der Waals surface area contributed by atoms with E-state index in [1.165, 1.54) is 0 Å². The summed E-state index contributed by atoms with van der Waals surface area (Å²) < 4.78 is 26.4. The highest BCUT2D eigenvalue weighted by atomic mass is 19.1. The van der Waals surface area contributed by atoms with Crippen LogP contribution in [0.3, 0.4) is 0 Å². The molecule has 3 rings (SSSR count). The molecule has 0 atom stereocenters. The fraction of sp³-hybridized carbons (Fsp3) is 0. The van der Waals surface area contributed by atoms with Gasteiger partial charge in [0.05, 0.1) is 11.1 Å². The van der Waals surface area contributed by atoms with E-state index in [0.717, 1.165) is 17.0 Å². The lowest BCUT2D eigenvalue weighted by atomic mass is 10.1. The minimum absolute atomic E-state index is 0.426. The molecule has 1 amide bonds. The molecule has 110 valence electrons. The number of aromatic hydroxyl groups is 1.